The molecule has 7 saturated carbocycles. The Kier molecular flexibility index (Phi) is 9.05. The highest BCUT2D eigenvalue weighted by atomic mass is 32.2. The Morgan fingerprint density at radius 1 is 0.755 bits per heavy atom. The summed E-state index contributed by atoms with van der Waals surface area (Å²) in [5.41, 5.74) is 0.994. The quantitative estimate of drug-likeness (QED) is 0.242. The minimum absolute atomic E-state index is 0.00960. The maximum Gasteiger partial charge on any atom is 0.322 e. The van der Waals surface area contributed by atoms with Crippen LogP contribution in [-0.4, -0.2) is 79.2 Å². The number of ether oxygens (including phenoxy) is 1. The summed E-state index contributed by atoms with van der Waals surface area (Å²) < 4.78 is 30.9. The Morgan fingerprint density at radius 2 is 1.45 bits per heavy atom. The van der Waals surface area contributed by atoms with E-state index in [2.05, 4.69) is 60.7 Å². The Hall–Kier alpha value is -1.19. The first-order chi connectivity index (χ1) is 24.6. The maximum atomic E-state index is 13.5. The fraction of sp³-hybridized carbons (Fsp3) is 0.955. The van der Waals surface area contributed by atoms with Gasteiger partial charge in [0, 0.05) is 30.6 Å². The van der Waals surface area contributed by atoms with Crippen molar-refractivity contribution >= 4 is 21.8 Å². The number of nitrogens with zero attached hydrogens (tertiary/aromatic N) is 1. The van der Waals surface area contributed by atoms with Crippen LogP contribution in [0.5, 0.6) is 0 Å². The molecule has 8 fully saturated rings. The minimum atomic E-state index is -3.09. The smallest absolute Gasteiger partial charge is 0.322 e. The highest BCUT2D eigenvalue weighted by Gasteiger charge is 2.72. The van der Waals surface area contributed by atoms with Gasteiger partial charge in [-0.2, -0.15) is 0 Å². The van der Waals surface area contributed by atoms with Crippen molar-refractivity contribution in [1.29, 1.82) is 0 Å². The third-order valence-electron chi connectivity index (χ3n) is 19.6. The molecule has 1 aliphatic heterocycles. The van der Waals surface area contributed by atoms with Crippen molar-refractivity contribution in [2.45, 2.75) is 163 Å². The van der Waals surface area contributed by atoms with Crippen LogP contribution in [0.1, 0.15) is 145 Å². The van der Waals surface area contributed by atoms with Crippen molar-refractivity contribution in [3.8, 4) is 0 Å². The van der Waals surface area contributed by atoms with E-state index in [1.54, 1.807) is 0 Å². The molecule has 0 unspecified atom stereocenters. The van der Waals surface area contributed by atoms with Crippen molar-refractivity contribution in [1.82, 2.24) is 10.2 Å². The van der Waals surface area contributed by atoms with E-state index in [-0.39, 0.29) is 62.1 Å². The van der Waals surface area contributed by atoms with Crippen molar-refractivity contribution < 1.29 is 27.9 Å². The van der Waals surface area contributed by atoms with Gasteiger partial charge in [-0.15, -0.1) is 0 Å². The van der Waals surface area contributed by atoms with Gasteiger partial charge in [-0.05, 0) is 147 Å². The molecule has 1 heterocycles. The van der Waals surface area contributed by atoms with Gasteiger partial charge in [-0.25, -0.2) is 8.42 Å². The fourth-order valence-electron chi connectivity index (χ4n) is 15.7. The van der Waals surface area contributed by atoms with Gasteiger partial charge >= 0.3 is 11.9 Å². The Morgan fingerprint density at radius 3 is 2.06 bits per heavy atom. The normalized spacial score (nSPS) is 48.1. The second-order valence-corrected chi connectivity index (χ2v) is 24.7. The Bertz CT molecular complexity index is 1590. The van der Waals surface area contributed by atoms with Crippen molar-refractivity contribution in [2.75, 3.05) is 31.1 Å². The Labute approximate surface area is 321 Å². The summed E-state index contributed by atoms with van der Waals surface area (Å²) in [6.45, 7) is 20.8. The predicted octanol–water partition coefficient (Wildman–Crippen LogP) is 7.74. The number of carbonyl (C=O) groups excluding carboxylic acids is 1. The molecular formula is C44H72N2O6S. The number of hydrogen-bond donors (Lipinski definition) is 2. The van der Waals surface area contributed by atoms with E-state index in [9.17, 15) is 23.1 Å². The summed E-state index contributed by atoms with van der Waals surface area (Å²) in [4.78, 5) is 28.1. The Balaban J connectivity index is 1.04. The highest BCUT2D eigenvalue weighted by molar-refractivity contribution is 7.91. The van der Waals surface area contributed by atoms with Crippen LogP contribution >= 0.6 is 0 Å². The molecular weight excluding hydrogens is 685 g/mol. The molecule has 1 saturated heterocycles. The lowest BCUT2D eigenvalue weighted by atomic mass is 9.32. The molecule has 0 spiro atoms. The number of aliphatic carboxylic acids is 1. The zero-order valence-electron chi connectivity index (χ0n) is 34.4. The molecule has 300 valence electrons. The van der Waals surface area contributed by atoms with E-state index in [0.717, 1.165) is 38.5 Å². The molecule has 0 aromatic carbocycles. The van der Waals surface area contributed by atoms with Crippen LogP contribution < -0.4 is 5.32 Å². The molecule has 7 aliphatic carbocycles. The van der Waals surface area contributed by atoms with Gasteiger partial charge in [-0.3, -0.25) is 14.5 Å². The number of carboxylic acids is 1. The van der Waals surface area contributed by atoms with Crippen LogP contribution in [0.3, 0.4) is 0 Å². The van der Waals surface area contributed by atoms with E-state index < -0.39 is 21.8 Å². The molecule has 0 aromatic rings. The largest absolute Gasteiger partial charge is 0.480 e. The van der Waals surface area contributed by atoms with Crippen LogP contribution in [0.2, 0.25) is 0 Å². The zero-order chi connectivity index (χ0) is 38.2. The molecule has 8 aliphatic rings. The fourth-order valence-corrected chi connectivity index (χ4v) is 16.9. The van der Waals surface area contributed by atoms with E-state index in [4.69, 9.17) is 4.74 Å². The van der Waals surface area contributed by atoms with Gasteiger partial charge in [0.2, 0.25) is 0 Å². The lowest BCUT2D eigenvalue weighted by molar-refractivity contribution is -0.249. The van der Waals surface area contributed by atoms with Crippen LogP contribution in [0.25, 0.3) is 0 Å². The molecule has 12 atom stereocenters. The van der Waals surface area contributed by atoms with E-state index in [1.165, 1.54) is 51.4 Å². The lowest BCUT2D eigenvalue weighted by Crippen LogP contribution is -2.69. The van der Waals surface area contributed by atoms with E-state index >= 15 is 0 Å². The average molecular weight is 757 g/mol. The predicted molar refractivity (Wildman–Crippen MR) is 208 cm³/mol. The average Bonchev–Trinajstić information content (AvgIpc) is 3.69. The van der Waals surface area contributed by atoms with Gasteiger partial charge in [0.25, 0.3) is 0 Å². The molecule has 8 nitrogen and oxygen atoms in total. The van der Waals surface area contributed by atoms with Gasteiger partial charge in [0.15, 0.2) is 9.84 Å². The second kappa shape index (κ2) is 12.4. The topological polar surface area (TPSA) is 113 Å². The lowest BCUT2D eigenvalue weighted by Gasteiger charge is -2.73. The number of fused-ring (bicyclic) bond motifs is 7. The molecule has 0 amide bonds. The minimum Gasteiger partial charge on any atom is -0.480 e. The molecule has 0 bridgehead atoms. The number of hydrogen-bond acceptors (Lipinski definition) is 7. The zero-order valence-corrected chi connectivity index (χ0v) is 35.2. The standard InChI is InChI=1S/C44H72N2O6S/c1-38(2)15-11-30(38)37(49)52-34-14-16-41(6)32(39(34,3)4)13-17-43(8)33(41)10-9-29-35-28(40(5)19-20-40)12-18-44(35,22-21-42(29,43)7)45-27-31(36(47)48)46-23-25-53(50,51)26-24-46/h28-35,45H,9-27H2,1-8H3,(H,47,48)/t28-,29-,30-,31-,32+,33-,34+,35-,41+,42-,43-,44+/m1/s1. The summed E-state index contributed by atoms with van der Waals surface area (Å²) in [6.07, 6.45) is 16.4. The van der Waals surface area contributed by atoms with Crippen LogP contribution in [0, 0.1) is 68.0 Å². The number of sulfone groups is 1. The number of nitrogens with one attached hydrogen (secondary N) is 1. The maximum absolute atomic E-state index is 13.5. The third kappa shape index (κ3) is 5.77. The van der Waals surface area contributed by atoms with Gasteiger partial charge < -0.3 is 15.2 Å². The highest BCUT2D eigenvalue weighted by Crippen LogP contribution is 2.78. The number of carboxylic acid groups (broad SMARTS) is 1. The first-order valence-electron chi connectivity index (χ1n) is 21.8. The van der Waals surface area contributed by atoms with E-state index in [0.29, 0.717) is 54.6 Å². The number of esters is 1. The monoisotopic (exact) mass is 757 g/mol. The van der Waals surface area contributed by atoms with Gasteiger partial charge in [0.1, 0.15) is 12.1 Å². The molecule has 53 heavy (non-hydrogen) atoms. The molecule has 8 rings (SSSR count). The molecule has 2 N–H and O–H groups in total. The molecule has 0 radical (unpaired) electrons. The number of carbonyl (C=O) groups is 2. The van der Waals surface area contributed by atoms with Crippen LogP contribution in [0.15, 0.2) is 0 Å². The summed E-state index contributed by atoms with van der Waals surface area (Å²) in [5, 5.41) is 14.5. The summed E-state index contributed by atoms with van der Waals surface area (Å²) in [6, 6.07) is -0.703. The van der Waals surface area contributed by atoms with Gasteiger partial charge in [0.05, 0.1) is 17.4 Å². The number of rotatable bonds is 8. The summed E-state index contributed by atoms with van der Waals surface area (Å²) >= 11 is 0. The van der Waals surface area contributed by atoms with Crippen molar-refractivity contribution in [2.24, 2.45) is 68.0 Å². The summed E-state index contributed by atoms with van der Waals surface area (Å²) in [5.74, 6) is 2.32. The molecule has 9 heteroatoms. The van der Waals surface area contributed by atoms with Crippen LogP contribution in [-0.2, 0) is 24.2 Å². The van der Waals surface area contributed by atoms with E-state index in [1.807, 2.05) is 4.90 Å². The van der Waals surface area contributed by atoms with Crippen LogP contribution in [0.4, 0.5) is 0 Å². The first kappa shape index (κ1) is 38.7. The molecule has 0 aromatic heterocycles. The first-order valence-corrected chi connectivity index (χ1v) is 23.6. The third-order valence-corrected chi connectivity index (χ3v) is 21.2. The van der Waals surface area contributed by atoms with Crippen molar-refractivity contribution in [3.05, 3.63) is 0 Å². The van der Waals surface area contributed by atoms with Crippen molar-refractivity contribution in [3.63, 3.8) is 0 Å². The second-order valence-electron chi connectivity index (χ2n) is 22.4. The van der Waals surface area contributed by atoms with Gasteiger partial charge in [-0.1, -0.05) is 55.4 Å². The summed E-state index contributed by atoms with van der Waals surface area (Å²) in [7, 11) is -3.09. The SMILES string of the molecule is CC1(C)CC[C@@H]1C(=O)O[C@H]1CC[C@]2(C)[C@H]3CC[C@@H]4[C@H]5[C@H](C6(C)CC6)CC[C@]5(NC[C@H](C(=O)O)N5CCS(=O)(=O)CC5)CC[C@@]4(C)[C@]3(C)CC[C@H]2C1(C)C.